The zero-order valence-corrected chi connectivity index (χ0v) is 30.2. The molecule has 0 saturated carbocycles. The van der Waals surface area contributed by atoms with E-state index in [2.05, 4.69) is 10.2 Å². The van der Waals surface area contributed by atoms with Crippen molar-refractivity contribution in [3.8, 4) is 11.5 Å². The highest BCUT2D eigenvalue weighted by atomic mass is 35.5. The zero-order chi connectivity index (χ0) is 36.0. The van der Waals surface area contributed by atoms with Gasteiger partial charge in [0.15, 0.2) is 17.0 Å². The number of thiophene rings is 1. The number of aliphatic hydroxyl groups is 1. The third kappa shape index (κ3) is 8.17. The van der Waals surface area contributed by atoms with E-state index in [1.165, 1.54) is 26.6 Å². The van der Waals surface area contributed by atoms with Crippen molar-refractivity contribution < 1.29 is 44.0 Å². The minimum absolute atomic E-state index is 0.0394. The van der Waals surface area contributed by atoms with Gasteiger partial charge in [-0.15, -0.1) is 11.3 Å². The first kappa shape index (κ1) is 37.3. The van der Waals surface area contributed by atoms with Gasteiger partial charge < -0.3 is 29.3 Å². The maximum Gasteiger partial charge on any atom is 0.346 e. The molecule has 3 atom stereocenters. The second-order valence-electron chi connectivity index (χ2n) is 12.3. The molecular weight excluding hydrogens is 705 g/mol. The van der Waals surface area contributed by atoms with Crippen LogP contribution in [0.4, 0.5) is 0 Å². The number of hydrogen-bond acceptors (Lipinski definition) is 10. The Balaban J connectivity index is 1.53. The summed E-state index contributed by atoms with van der Waals surface area (Å²) in [7, 11) is 5.05. The van der Waals surface area contributed by atoms with Crippen LogP contribution in [0.3, 0.4) is 0 Å². The van der Waals surface area contributed by atoms with Gasteiger partial charge in [0.05, 0.1) is 27.4 Å². The van der Waals surface area contributed by atoms with Crippen LogP contribution in [-0.4, -0.2) is 79.8 Å². The number of carboxylic acid groups (broad SMARTS) is 1. The summed E-state index contributed by atoms with van der Waals surface area (Å²) >= 11 is 14.1. The fraction of sp³-hybridized carbons (Fsp3) is 0.361. The van der Waals surface area contributed by atoms with Gasteiger partial charge >= 0.3 is 11.9 Å². The van der Waals surface area contributed by atoms with E-state index < -0.39 is 30.0 Å². The summed E-state index contributed by atoms with van der Waals surface area (Å²) in [5.41, 5.74) is 0.587. The van der Waals surface area contributed by atoms with Crippen molar-refractivity contribution in [2.24, 2.45) is 5.92 Å². The van der Waals surface area contributed by atoms with E-state index in [1.54, 1.807) is 42.5 Å². The summed E-state index contributed by atoms with van der Waals surface area (Å²) in [6.07, 6.45) is 3.69. The largest absolute Gasteiger partial charge is 0.493 e. The molecule has 2 aromatic heterocycles. The fourth-order valence-corrected chi connectivity index (χ4v) is 7.94. The standard InChI is InChI=1S/C36H39Cl2N3O8S/c1-40-12-11-22(17-40)20-49-35(45)36(21-42,24-7-5-4-6-8-24)39-16-25-14-27(33(50-25)34(43)44)26(15-28-29(37)18-41(46)19-30(28)38)23-9-10-31(47-2)32(13-23)48-3/h4-10,13-14,18-19,22,26,39,42H,11-12,15-17,20-21H2,1-3H3,(H-,43,44,46)/p+1/t22-,26-,36?/m0/s1. The number of aromatic carboxylic acids is 1. The van der Waals surface area contributed by atoms with E-state index in [-0.39, 0.29) is 40.4 Å². The highest BCUT2D eigenvalue weighted by molar-refractivity contribution is 7.14. The Bertz CT molecular complexity index is 1800. The predicted molar refractivity (Wildman–Crippen MR) is 189 cm³/mol. The van der Waals surface area contributed by atoms with Crippen molar-refractivity contribution >= 4 is 46.5 Å². The number of esters is 1. The van der Waals surface area contributed by atoms with Crippen LogP contribution in [0.15, 0.2) is 67.0 Å². The first-order chi connectivity index (χ1) is 24.0. The average Bonchev–Trinajstić information content (AvgIpc) is 3.73. The van der Waals surface area contributed by atoms with Crippen molar-refractivity contribution in [3.63, 3.8) is 0 Å². The Kier molecular flexibility index (Phi) is 12.3. The molecule has 0 aliphatic carbocycles. The van der Waals surface area contributed by atoms with Crippen molar-refractivity contribution in [2.45, 2.75) is 30.8 Å². The zero-order valence-electron chi connectivity index (χ0n) is 27.9. The normalized spacial score (nSPS) is 16.5. The molecule has 50 heavy (non-hydrogen) atoms. The molecule has 1 saturated heterocycles. The lowest BCUT2D eigenvalue weighted by Gasteiger charge is -2.31. The van der Waals surface area contributed by atoms with Gasteiger partial charge in [-0.2, -0.15) is 0 Å². The molecule has 3 heterocycles. The molecule has 0 radical (unpaired) electrons. The summed E-state index contributed by atoms with van der Waals surface area (Å²) in [6.45, 7) is 1.41. The minimum atomic E-state index is -1.60. The number of hydrogen-bond donors (Lipinski definition) is 4. The van der Waals surface area contributed by atoms with E-state index >= 15 is 0 Å². The summed E-state index contributed by atoms with van der Waals surface area (Å²) in [5.74, 6) is -1.22. The number of rotatable bonds is 15. The lowest BCUT2D eigenvalue weighted by Crippen LogP contribution is -2.53. The maximum absolute atomic E-state index is 13.8. The lowest BCUT2D eigenvalue weighted by atomic mass is 9.85. The van der Waals surface area contributed by atoms with E-state index in [0.29, 0.717) is 38.6 Å². The van der Waals surface area contributed by atoms with E-state index in [4.69, 9.17) is 37.4 Å². The second kappa shape index (κ2) is 16.4. The monoisotopic (exact) mass is 744 g/mol. The van der Waals surface area contributed by atoms with Crippen LogP contribution < -0.4 is 19.5 Å². The fourth-order valence-electron chi connectivity index (χ4n) is 6.33. The molecule has 4 aromatic rings. The number of carbonyl (C=O) groups is 2. The molecule has 0 bridgehead atoms. The van der Waals surface area contributed by atoms with Gasteiger partial charge in [0.25, 0.3) is 0 Å². The Hall–Kier alpha value is -3.91. The molecule has 1 unspecified atom stereocenters. The topological polar surface area (TPSA) is 142 Å². The number of nitrogens with zero attached hydrogens (tertiary/aromatic N) is 2. The second-order valence-corrected chi connectivity index (χ2v) is 14.2. The predicted octanol–water partition coefficient (Wildman–Crippen LogP) is 5.14. The number of ether oxygens (including phenoxy) is 3. The first-order valence-corrected chi connectivity index (χ1v) is 17.5. The molecule has 1 aliphatic rings. The summed E-state index contributed by atoms with van der Waals surface area (Å²) in [5, 5.41) is 34.8. The van der Waals surface area contributed by atoms with Crippen molar-refractivity contribution in [2.75, 3.05) is 47.6 Å². The Morgan fingerprint density at radius 3 is 2.38 bits per heavy atom. The van der Waals surface area contributed by atoms with Gasteiger partial charge in [-0.1, -0.05) is 59.6 Å². The minimum Gasteiger partial charge on any atom is -0.493 e. The van der Waals surface area contributed by atoms with Crippen molar-refractivity contribution in [1.29, 1.82) is 0 Å². The lowest BCUT2D eigenvalue weighted by molar-refractivity contribution is -0.904. The molecule has 2 aromatic carbocycles. The molecule has 5 rings (SSSR count). The van der Waals surface area contributed by atoms with Crippen LogP contribution in [0.2, 0.25) is 10.0 Å². The Morgan fingerprint density at radius 2 is 1.78 bits per heavy atom. The molecular formula is C36H40Cl2N3O8S+. The molecule has 0 spiro atoms. The highest BCUT2D eigenvalue weighted by Crippen LogP contribution is 2.41. The van der Waals surface area contributed by atoms with Crippen LogP contribution in [0.25, 0.3) is 0 Å². The van der Waals surface area contributed by atoms with Crippen molar-refractivity contribution in [1.82, 2.24) is 10.2 Å². The number of aliphatic hydroxyl groups excluding tert-OH is 1. The molecule has 1 fully saturated rings. The van der Waals surface area contributed by atoms with Crippen LogP contribution >= 0.6 is 34.5 Å². The number of nitrogens with one attached hydrogen (secondary N) is 1. The number of aromatic nitrogens is 1. The van der Waals surface area contributed by atoms with E-state index in [1.807, 2.05) is 19.2 Å². The Labute approximate surface area is 304 Å². The van der Waals surface area contributed by atoms with Crippen molar-refractivity contribution in [3.05, 3.63) is 109 Å². The summed E-state index contributed by atoms with van der Waals surface area (Å²) in [6, 6.07) is 15.9. The molecule has 1 aliphatic heterocycles. The maximum atomic E-state index is 13.8. The molecule has 4 N–H and O–H groups in total. The van der Waals surface area contributed by atoms with Gasteiger partial charge in [0.1, 0.15) is 14.9 Å². The third-order valence-corrected chi connectivity index (χ3v) is 10.8. The molecule has 0 amide bonds. The number of carbonyl (C=O) groups excluding carboxylic acids is 1. The van der Waals surface area contributed by atoms with Gasteiger partial charge in [0, 0.05) is 40.1 Å². The van der Waals surface area contributed by atoms with E-state index in [9.17, 15) is 25.0 Å². The third-order valence-electron chi connectivity index (χ3n) is 9.02. The first-order valence-electron chi connectivity index (χ1n) is 15.9. The number of likely N-dealkylation sites (tertiary alicyclic amines) is 1. The number of methoxy groups -OCH3 is 2. The number of carboxylic acids is 1. The van der Waals surface area contributed by atoms with Crippen LogP contribution in [0, 0.1) is 5.92 Å². The molecule has 266 valence electrons. The van der Waals surface area contributed by atoms with Crippen LogP contribution in [-0.2, 0) is 28.0 Å². The summed E-state index contributed by atoms with van der Waals surface area (Å²) in [4.78, 5) is 29.5. The van der Waals surface area contributed by atoms with Gasteiger partial charge in [-0.05, 0) is 61.3 Å². The number of pyridine rings is 1. The quantitative estimate of drug-likeness (QED) is 0.0735. The number of halogens is 2. The van der Waals surface area contributed by atoms with E-state index in [0.717, 1.165) is 35.6 Å². The summed E-state index contributed by atoms with van der Waals surface area (Å²) < 4.78 is 17.6. The smallest absolute Gasteiger partial charge is 0.346 e. The van der Waals surface area contributed by atoms with Gasteiger partial charge in [-0.25, -0.2) is 9.59 Å². The van der Waals surface area contributed by atoms with Crippen LogP contribution in [0.1, 0.15) is 49.1 Å². The molecule has 11 nitrogen and oxygen atoms in total. The molecule has 14 heteroatoms. The Morgan fingerprint density at radius 1 is 1.08 bits per heavy atom. The number of benzene rings is 2. The average molecular weight is 746 g/mol. The van der Waals surface area contributed by atoms with Crippen LogP contribution in [0.5, 0.6) is 11.5 Å². The van der Waals surface area contributed by atoms with Gasteiger partial charge in [-0.3, -0.25) is 10.5 Å². The SMILES string of the molecule is COc1ccc([C@H](Cc2c(Cl)c[n+](O)cc2Cl)c2cc(CNC(CO)(C(=O)OC[C@H]3CCN(C)C3)c3ccccc3)sc2C(=O)O)cc1OC. The van der Waals surface area contributed by atoms with Gasteiger partial charge in [0.2, 0.25) is 12.4 Å². The highest BCUT2D eigenvalue weighted by Gasteiger charge is 2.42.